The monoisotopic (exact) mass is 131 g/mol. The molecule has 0 saturated carbocycles. The predicted octanol–water partition coefficient (Wildman–Crippen LogP) is 1.60. The van der Waals surface area contributed by atoms with E-state index in [0.29, 0.717) is 6.54 Å². The minimum Gasteiger partial charge on any atom is -0.327 e. The van der Waals surface area contributed by atoms with Gasteiger partial charge in [-0.2, -0.15) is 0 Å². The van der Waals surface area contributed by atoms with E-state index in [-0.39, 0.29) is 0 Å². The number of hydrogen-bond donors (Lipinski definition) is 1. The predicted molar refractivity (Wildman–Crippen MR) is 40.9 cm³/mol. The lowest BCUT2D eigenvalue weighted by molar-refractivity contribution is 1.24. The van der Waals surface area contributed by atoms with Gasteiger partial charge in [0.2, 0.25) is 0 Å². The average Bonchev–Trinajstić information content (AvgIpc) is 1.68. The lowest BCUT2D eigenvalue weighted by Crippen LogP contribution is -1.93. The van der Waals surface area contributed by atoms with Gasteiger partial charge >= 0.3 is 0 Å². The lowest BCUT2D eigenvalue weighted by atomic mass is 10.5. The van der Waals surface area contributed by atoms with Gasteiger partial charge in [-0.05, 0) is 17.6 Å². The maximum Gasteiger partial charge on any atom is 0.0117 e. The zero-order chi connectivity index (χ0) is 6.41. The highest BCUT2D eigenvalue weighted by Crippen LogP contribution is 2.11. The molecule has 0 saturated heterocycles. The summed E-state index contributed by atoms with van der Waals surface area (Å²) in [5, 5.41) is 0. The van der Waals surface area contributed by atoms with Crippen LogP contribution in [0.3, 0.4) is 0 Å². The normalized spacial score (nSPS) is 12.1. The summed E-state index contributed by atoms with van der Waals surface area (Å²) in [4.78, 5) is 1.33. The molecule has 2 N–H and O–H groups in total. The second-order valence-corrected chi connectivity index (χ2v) is 2.99. The molecule has 0 aromatic heterocycles. The zero-order valence-electron chi connectivity index (χ0n) is 5.48. The molecule has 0 rings (SSSR count). The number of hydrogen-bond acceptors (Lipinski definition) is 2. The maximum absolute atomic E-state index is 5.27. The van der Waals surface area contributed by atoms with Crippen molar-refractivity contribution in [2.24, 2.45) is 5.73 Å². The van der Waals surface area contributed by atoms with E-state index in [9.17, 15) is 0 Å². The molecule has 0 aromatic carbocycles. The summed E-state index contributed by atoms with van der Waals surface area (Å²) in [6.45, 7) is 4.89. The molecule has 48 valence electrons. The highest BCUT2D eigenvalue weighted by Gasteiger charge is 1.82. The molecule has 1 nitrogen and oxygen atoms in total. The van der Waals surface area contributed by atoms with Crippen molar-refractivity contribution in [3.63, 3.8) is 0 Å². The van der Waals surface area contributed by atoms with Gasteiger partial charge in [0.15, 0.2) is 0 Å². The average molecular weight is 131 g/mol. The summed E-state index contributed by atoms with van der Waals surface area (Å²) in [6.07, 6.45) is 2.04. The topological polar surface area (TPSA) is 26.0 Å². The summed E-state index contributed by atoms with van der Waals surface area (Å²) < 4.78 is 0. The number of nitrogens with two attached hydrogens (primary N) is 1. The Balaban J connectivity index is 3.29. The molecule has 0 heterocycles. The molecule has 0 atom stereocenters. The van der Waals surface area contributed by atoms with Crippen molar-refractivity contribution in [1.29, 1.82) is 0 Å². The van der Waals surface area contributed by atoms with Crippen LogP contribution in [0.2, 0.25) is 0 Å². The van der Waals surface area contributed by atoms with Crippen molar-refractivity contribution in [3.05, 3.63) is 11.0 Å². The quantitative estimate of drug-likeness (QED) is 0.629. The summed E-state index contributed by atoms with van der Waals surface area (Å²) >= 11 is 1.84. The minimum absolute atomic E-state index is 0.666. The van der Waals surface area contributed by atoms with E-state index in [4.69, 9.17) is 5.73 Å². The summed E-state index contributed by atoms with van der Waals surface area (Å²) in [5.41, 5.74) is 5.27. The van der Waals surface area contributed by atoms with Crippen LogP contribution in [-0.4, -0.2) is 12.3 Å². The Morgan fingerprint density at radius 2 is 2.38 bits per heavy atom. The second kappa shape index (κ2) is 5.19. The largest absolute Gasteiger partial charge is 0.327 e. The number of thioether (sulfide) groups is 1. The van der Waals surface area contributed by atoms with Crippen molar-refractivity contribution in [2.45, 2.75) is 13.8 Å². The first-order chi connectivity index (χ1) is 3.81. The molecule has 0 radical (unpaired) electrons. The standard InChI is InChI=1S/C6H13NS/c1-3-8-6(2)4-5-7/h4H,3,5,7H2,1-2H3/b6-4-. The Bertz CT molecular complexity index is 78.6. The summed E-state index contributed by atoms with van der Waals surface area (Å²) in [6, 6.07) is 0. The van der Waals surface area contributed by atoms with Gasteiger partial charge in [0.25, 0.3) is 0 Å². The van der Waals surface area contributed by atoms with Crippen LogP contribution >= 0.6 is 11.8 Å². The fourth-order valence-electron chi connectivity index (χ4n) is 0.453. The molecule has 8 heavy (non-hydrogen) atoms. The van der Waals surface area contributed by atoms with Crippen molar-refractivity contribution in [2.75, 3.05) is 12.3 Å². The van der Waals surface area contributed by atoms with Crippen LogP contribution < -0.4 is 5.73 Å². The van der Waals surface area contributed by atoms with Crippen molar-refractivity contribution in [3.8, 4) is 0 Å². The molecule has 0 aliphatic heterocycles. The summed E-state index contributed by atoms with van der Waals surface area (Å²) in [7, 11) is 0. The van der Waals surface area contributed by atoms with Crippen molar-refractivity contribution in [1.82, 2.24) is 0 Å². The molecule has 2 heteroatoms. The van der Waals surface area contributed by atoms with Gasteiger partial charge in [0.05, 0.1) is 0 Å². The highest BCUT2D eigenvalue weighted by atomic mass is 32.2. The minimum atomic E-state index is 0.666. The van der Waals surface area contributed by atoms with Crippen molar-refractivity contribution < 1.29 is 0 Å². The van der Waals surface area contributed by atoms with Crippen LogP contribution in [0.1, 0.15) is 13.8 Å². The Hall–Kier alpha value is 0.0500. The van der Waals surface area contributed by atoms with E-state index in [0.717, 1.165) is 5.75 Å². The molecule has 0 unspecified atom stereocenters. The van der Waals surface area contributed by atoms with Crippen LogP contribution in [0.4, 0.5) is 0 Å². The molecule has 0 bridgehead atoms. The van der Waals surface area contributed by atoms with Gasteiger partial charge in [-0.3, -0.25) is 0 Å². The third-order valence-corrected chi connectivity index (χ3v) is 1.69. The third-order valence-electron chi connectivity index (χ3n) is 0.777. The maximum atomic E-state index is 5.27. The van der Waals surface area contributed by atoms with Crippen LogP contribution in [0, 0.1) is 0 Å². The lowest BCUT2D eigenvalue weighted by Gasteiger charge is -1.93. The van der Waals surface area contributed by atoms with Crippen molar-refractivity contribution >= 4 is 11.8 Å². The molecule has 0 aromatic rings. The fraction of sp³-hybridized carbons (Fsp3) is 0.667. The van der Waals surface area contributed by atoms with E-state index in [1.807, 2.05) is 17.8 Å². The number of allylic oxidation sites excluding steroid dienone is 1. The first-order valence-corrected chi connectivity index (χ1v) is 3.79. The number of rotatable bonds is 3. The Morgan fingerprint density at radius 3 is 2.75 bits per heavy atom. The molecule has 0 aliphatic rings. The van der Waals surface area contributed by atoms with E-state index in [2.05, 4.69) is 13.8 Å². The van der Waals surface area contributed by atoms with Crippen LogP contribution in [0.15, 0.2) is 11.0 Å². The van der Waals surface area contributed by atoms with Crippen LogP contribution in [0.5, 0.6) is 0 Å². The summed E-state index contributed by atoms with van der Waals surface area (Å²) in [5.74, 6) is 1.14. The SMILES string of the molecule is CCS/C(C)=C\CN. The Kier molecular flexibility index (Phi) is 5.22. The Labute approximate surface area is 55.3 Å². The van der Waals surface area contributed by atoms with Gasteiger partial charge in [-0.15, -0.1) is 11.8 Å². The first kappa shape index (κ1) is 8.05. The van der Waals surface area contributed by atoms with Gasteiger partial charge < -0.3 is 5.73 Å². The molecular weight excluding hydrogens is 118 g/mol. The van der Waals surface area contributed by atoms with Gasteiger partial charge in [-0.1, -0.05) is 13.0 Å². The first-order valence-electron chi connectivity index (χ1n) is 2.81. The van der Waals surface area contributed by atoms with E-state index >= 15 is 0 Å². The smallest absolute Gasteiger partial charge is 0.0117 e. The fourth-order valence-corrected chi connectivity index (χ4v) is 1.12. The van der Waals surface area contributed by atoms with Crippen LogP contribution in [0.25, 0.3) is 0 Å². The molecule has 0 amide bonds. The van der Waals surface area contributed by atoms with E-state index in [1.54, 1.807) is 0 Å². The molecule has 0 fully saturated rings. The molecule has 0 spiro atoms. The van der Waals surface area contributed by atoms with Gasteiger partial charge in [0, 0.05) is 6.54 Å². The third kappa shape index (κ3) is 4.22. The van der Waals surface area contributed by atoms with Gasteiger partial charge in [0.1, 0.15) is 0 Å². The highest BCUT2D eigenvalue weighted by molar-refractivity contribution is 8.03. The van der Waals surface area contributed by atoms with E-state index in [1.165, 1.54) is 4.91 Å². The van der Waals surface area contributed by atoms with E-state index < -0.39 is 0 Å². The Morgan fingerprint density at radius 1 is 1.75 bits per heavy atom. The van der Waals surface area contributed by atoms with Gasteiger partial charge in [-0.25, -0.2) is 0 Å². The molecular formula is C6H13NS. The van der Waals surface area contributed by atoms with Crippen LogP contribution in [-0.2, 0) is 0 Å². The second-order valence-electron chi connectivity index (χ2n) is 1.48. The zero-order valence-corrected chi connectivity index (χ0v) is 6.29. The molecule has 0 aliphatic carbocycles.